The summed E-state index contributed by atoms with van der Waals surface area (Å²) < 4.78 is 28.8. The highest BCUT2D eigenvalue weighted by atomic mass is 19.1. The average molecular weight is 268 g/mol. The van der Waals surface area contributed by atoms with Gasteiger partial charge in [-0.3, -0.25) is 10.1 Å². The quantitative estimate of drug-likeness (QED) is 0.666. The summed E-state index contributed by atoms with van der Waals surface area (Å²) in [5.74, 6) is -1.98. The molecule has 1 N–H and O–H groups in total. The molecule has 0 unspecified atom stereocenters. The highest BCUT2D eigenvalue weighted by molar-refractivity contribution is 5.51. The molecule has 0 spiro atoms. The van der Waals surface area contributed by atoms with Crippen LogP contribution in [0.5, 0.6) is 0 Å². The monoisotopic (exact) mass is 268 g/mol. The second kappa shape index (κ2) is 5.42. The molecule has 0 saturated heterocycles. The number of nitro groups is 1. The van der Waals surface area contributed by atoms with Crippen LogP contribution >= 0.6 is 0 Å². The van der Waals surface area contributed by atoms with Crippen LogP contribution in [0, 0.1) is 21.7 Å². The largest absolute Gasteiger partial charge is 0.378 e. The summed E-state index contributed by atoms with van der Waals surface area (Å²) in [7, 11) is 0. The van der Waals surface area contributed by atoms with Crippen LogP contribution < -0.4 is 5.32 Å². The van der Waals surface area contributed by atoms with E-state index in [4.69, 9.17) is 0 Å². The van der Waals surface area contributed by atoms with Crippen LogP contribution in [0.3, 0.4) is 0 Å². The normalized spacial score (nSPS) is 10.4. The number of halogens is 2. The summed E-state index contributed by atoms with van der Waals surface area (Å²) in [5.41, 5.74) is -0.985. The van der Waals surface area contributed by atoms with Crippen molar-refractivity contribution in [1.29, 1.82) is 0 Å². The van der Waals surface area contributed by atoms with Crippen LogP contribution in [-0.2, 0) is 6.54 Å². The van der Waals surface area contributed by atoms with Crippen LogP contribution in [0.2, 0.25) is 0 Å². The van der Waals surface area contributed by atoms with Gasteiger partial charge in [0.15, 0.2) is 11.6 Å². The lowest BCUT2D eigenvalue weighted by Gasteiger charge is -2.09. The number of benzene rings is 1. The highest BCUT2D eigenvalue weighted by Crippen LogP contribution is 2.24. The molecule has 8 heteroatoms. The predicted octanol–water partition coefficient (Wildman–Crippen LogP) is 2.18. The minimum atomic E-state index is -0.989. The molecule has 0 atom stereocenters. The van der Waals surface area contributed by atoms with E-state index in [1.807, 2.05) is 0 Å². The molecule has 1 heterocycles. The molecule has 0 aliphatic heterocycles. The molecule has 1 aromatic heterocycles. The second-order valence-corrected chi connectivity index (χ2v) is 3.77. The van der Waals surface area contributed by atoms with E-state index in [9.17, 15) is 18.9 Å². The van der Waals surface area contributed by atoms with E-state index in [1.165, 1.54) is 0 Å². The number of aromatic nitrogens is 2. The molecule has 19 heavy (non-hydrogen) atoms. The predicted molar refractivity (Wildman–Crippen MR) is 63.7 cm³/mol. The Morgan fingerprint density at radius 1 is 1.37 bits per heavy atom. The minimum Gasteiger partial charge on any atom is -0.378 e. The van der Waals surface area contributed by atoms with Gasteiger partial charge in [0.1, 0.15) is 5.69 Å². The average Bonchev–Trinajstić information content (AvgIpc) is 2.85. The topological polar surface area (TPSA) is 73.0 Å². The summed E-state index contributed by atoms with van der Waals surface area (Å²) in [6.07, 6.45) is 4.88. The first kappa shape index (κ1) is 12.9. The molecule has 0 amide bonds. The lowest BCUT2D eigenvalue weighted by molar-refractivity contribution is -0.385. The van der Waals surface area contributed by atoms with Crippen molar-refractivity contribution in [3.63, 3.8) is 0 Å². The lowest BCUT2D eigenvalue weighted by atomic mass is 10.2. The van der Waals surface area contributed by atoms with Crippen molar-refractivity contribution in [2.45, 2.75) is 6.54 Å². The van der Waals surface area contributed by atoms with Crippen molar-refractivity contribution in [3.8, 4) is 0 Å². The first-order chi connectivity index (χ1) is 9.08. The van der Waals surface area contributed by atoms with Crippen molar-refractivity contribution in [2.24, 2.45) is 0 Å². The summed E-state index contributed by atoms with van der Waals surface area (Å²) in [5, 5.41) is 13.0. The molecule has 0 saturated carbocycles. The number of hydrogen-bond donors (Lipinski definition) is 1. The fourth-order valence-electron chi connectivity index (χ4n) is 1.56. The Hall–Kier alpha value is -2.51. The zero-order chi connectivity index (χ0) is 13.8. The number of nitrogens with zero attached hydrogens (tertiary/aromatic N) is 3. The maximum Gasteiger partial charge on any atom is 0.275 e. The Morgan fingerprint density at radius 2 is 2.05 bits per heavy atom. The second-order valence-electron chi connectivity index (χ2n) is 3.77. The number of nitrogens with one attached hydrogen (secondary N) is 1. The molecule has 0 aliphatic rings. The molecule has 0 bridgehead atoms. The van der Waals surface area contributed by atoms with Crippen LogP contribution in [-0.4, -0.2) is 21.0 Å². The maximum absolute atomic E-state index is 13.5. The summed E-state index contributed by atoms with van der Waals surface area (Å²) in [6.45, 7) is 0.734. The zero-order valence-corrected chi connectivity index (χ0v) is 9.72. The minimum absolute atomic E-state index is 0.266. The van der Waals surface area contributed by atoms with E-state index in [1.54, 1.807) is 23.3 Å². The summed E-state index contributed by atoms with van der Waals surface area (Å²) in [6, 6.07) is 1.37. The van der Waals surface area contributed by atoms with Crippen LogP contribution in [0.15, 0.2) is 30.9 Å². The van der Waals surface area contributed by atoms with Crippen molar-refractivity contribution < 1.29 is 13.7 Å². The first-order valence-electron chi connectivity index (χ1n) is 5.41. The molecule has 2 rings (SSSR count). The Bertz CT molecular complexity index is 563. The molecule has 0 aliphatic carbocycles. The fraction of sp³-hybridized carbons (Fsp3) is 0.182. The number of hydrogen-bond acceptors (Lipinski definition) is 4. The number of nitro benzene ring substituents is 1. The number of imidazole rings is 1. The van der Waals surface area contributed by atoms with Gasteiger partial charge in [-0.2, -0.15) is 0 Å². The standard InChI is InChI=1S/C11H10F2N4O2/c12-9-5-8(17(18)19)6-10(13)11(9)15-2-4-16-3-1-14-7-16/h1,3,5-7,15H,2,4H2. The van der Waals surface area contributed by atoms with Gasteiger partial charge < -0.3 is 9.88 Å². The Labute approximate surface area is 106 Å². The molecular weight excluding hydrogens is 258 g/mol. The van der Waals surface area contributed by atoms with Crippen molar-refractivity contribution in [1.82, 2.24) is 9.55 Å². The third-order valence-electron chi connectivity index (χ3n) is 2.47. The molecular formula is C11H10F2N4O2. The summed E-state index contributed by atoms with van der Waals surface area (Å²) in [4.78, 5) is 13.4. The smallest absolute Gasteiger partial charge is 0.275 e. The van der Waals surface area contributed by atoms with E-state index >= 15 is 0 Å². The molecule has 100 valence electrons. The van der Waals surface area contributed by atoms with Crippen molar-refractivity contribution in [2.75, 3.05) is 11.9 Å². The van der Waals surface area contributed by atoms with Crippen LogP contribution in [0.4, 0.5) is 20.2 Å². The van der Waals surface area contributed by atoms with Gasteiger partial charge in [0, 0.05) is 25.5 Å². The van der Waals surface area contributed by atoms with Gasteiger partial charge in [-0.1, -0.05) is 0 Å². The molecule has 2 aromatic rings. The molecule has 6 nitrogen and oxygen atoms in total. The van der Waals surface area contributed by atoms with Gasteiger partial charge in [-0.25, -0.2) is 13.8 Å². The van der Waals surface area contributed by atoms with E-state index in [2.05, 4.69) is 10.3 Å². The SMILES string of the molecule is O=[N+]([O-])c1cc(F)c(NCCn2ccnc2)c(F)c1. The Kier molecular flexibility index (Phi) is 3.69. The lowest BCUT2D eigenvalue weighted by Crippen LogP contribution is -2.11. The Morgan fingerprint density at radius 3 is 2.58 bits per heavy atom. The van der Waals surface area contributed by atoms with Crippen molar-refractivity contribution >= 4 is 11.4 Å². The van der Waals surface area contributed by atoms with E-state index in [0.717, 1.165) is 0 Å². The van der Waals surface area contributed by atoms with Crippen LogP contribution in [0.1, 0.15) is 0 Å². The van der Waals surface area contributed by atoms with E-state index < -0.39 is 22.2 Å². The van der Waals surface area contributed by atoms with Gasteiger partial charge in [-0.15, -0.1) is 0 Å². The Balaban J connectivity index is 2.06. The van der Waals surface area contributed by atoms with Gasteiger partial charge in [0.2, 0.25) is 0 Å². The van der Waals surface area contributed by atoms with E-state index in [0.29, 0.717) is 18.7 Å². The van der Waals surface area contributed by atoms with Crippen LogP contribution in [0.25, 0.3) is 0 Å². The first-order valence-corrected chi connectivity index (χ1v) is 5.41. The molecule has 1 aromatic carbocycles. The molecule has 0 radical (unpaired) electrons. The zero-order valence-electron chi connectivity index (χ0n) is 9.72. The number of non-ortho nitro benzene ring substituents is 1. The van der Waals surface area contributed by atoms with Gasteiger partial charge in [0.05, 0.1) is 23.4 Å². The van der Waals surface area contributed by atoms with Gasteiger partial charge in [-0.05, 0) is 0 Å². The third kappa shape index (κ3) is 3.03. The van der Waals surface area contributed by atoms with Gasteiger partial charge in [0.25, 0.3) is 5.69 Å². The summed E-state index contributed by atoms with van der Waals surface area (Å²) >= 11 is 0. The number of rotatable bonds is 5. The number of anilines is 1. The maximum atomic E-state index is 13.5. The highest BCUT2D eigenvalue weighted by Gasteiger charge is 2.16. The van der Waals surface area contributed by atoms with Gasteiger partial charge >= 0.3 is 0 Å². The molecule has 0 fully saturated rings. The van der Waals surface area contributed by atoms with E-state index in [-0.39, 0.29) is 12.2 Å². The van der Waals surface area contributed by atoms with Crippen molar-refractivity contribution in [3.05, 3.63) is 52.6 Å². The fourth-order valence-corrected chi connectivity index (χ4v) is 1.56. The third-order valence-corrected chi connectivity index (χ3v) is 2.47.